The molecule has 1 amide bonds. The van der Waals surface area contributed by atoms with Crippen LogP contribution >= 0.6 is 11.3 Å². The molecule has 1 aliphatic heterocycles. The van der Waals surface area contributed by atoms with Gasteiger partial charge < -0.3 is 4.74 Å². The number of thiophene rings is 1. The van der Waals surface area contributed by atoms with Crippen LogP contribution in [0.25, 0.3) is 10.2 Å². The number of ether oxygens (including phenoxy) is 1. The van der Waals surface area contributed by atoms with Gasteiger partial charge in [-0.3, -0.25) is 15.0 Å². The maximum Gasteiger partial charge on any atom is 0.339 e. The number of nitrogens with zero attached hydrogens (tertiary/aromatic N) is 3. The highest BCUT2D eigenvalue weighted by atomic mass is 32.2. The second-order valence-electron chi connectivity index (χ2n) is 7.58. The van der Waals surface area contributed by atoms with E-state index in [9.17, 15) is 22.8 Å². The zero-order chi connectivity index (χ0) is 23.8. The van der Waals surface area contributed by atoms with Crippen molar-refractivity contribution in [2.75, 3.05) is 25.6 Å². The number of carbonyl (C=O) groups excluding carboxylic acids is 2. The summed E-state index contributed by atoms with van der Waals surface area (Å²) < 4.78 is 33.4. The van der Waals surface area contributed by atoms with E-state index in [0.717, 1.165) is 4.68 Å². The molecule has 0 radical (unpaired) electrons. The van der Waals surface area contributed by atoms with Gasteiger partial charge in [0.25, 0.3) is 5.56 Å². The number of aryl methyl sites for hydroxylation is 1. The van der Waals surface area contributed by atoms with Crippen molar-refractivity contribution in [3.05, 3.63) is 57.5 Å². The second-order valence-corrected chi connectivity index (χ2v) is 10.4. The van der Waals surface area contributed by atoms with Crippen LogP contribution in [0.4, 0.5) is 0 Å². The molecule has 0 unspecified atom stereocenters. The summed E-state index contributed by atoms with van der Waals surface area (Å²) in [5.74, 6) is -1.22. The van der Waals surface area contributed by atoms with Crippen LogP contribution in [0, 0.1) is 12.8 Å². The number of esters is 1. The minimum Gasteiger partial charge on any atom is -0.465 e. The lowest BCUT2D eigenvalue weighted by molar-refractivity contribution is -0.121. The molecule has 3 aromatic rings. The minimum atomic E-state index is -3.95. The summed E-state index contributed by atoms with van der Waals surface area (Å²) in [4.78, 5) is 42.3. The van der Waals surface area contributed by atoms with Crippen molar-refractivity contribution in [3.63, 3.8) is 0 Å². The van der Waals surface area contributed by atoms with Gasteiger partial charge in [0, 0.05) is 19.0 Å². The zero-order valence-corrected chi connectivity index (χ0v) is 19.6. The number of hydrogen-bond donors (Lipinski definition) is 1. The summed E-state index contributed by atoms with van der Waals surface area (Å²) in [5, 5.41) is 2.19. The third-order valence-electron chi connectivity index (χ3n) is 5.62. The van der Waals surface area contributed by atoms with Gasteiger partial charge in [-0.1, -0.05) is 12.1 Å². The number of amides is 1. The van der Waals surface area contributed by atoms with E-state index in [1.807, 2.05) is 0 Å². The fourth-order valence-corrected chi connectivity index (χ4v) is 6.27. The molecule has 10 nitrogen and oxygen atoms in total. The van der Waals surface area contributed by atoms with Gasteiger partial charge in [0.2, 0.25) is 15.9 Å². The van der Waals surface area contributed by atoms with E-state index in [1.165, 1.54) is 41.0 Å². The Bertz CT molecular complexity index is 1390. The molecular weight excluding hydrogens is 468 g/mol. The largest absolute Gasteiger partial charge is 0.465 e. The van der Waals surface area contributed by atoms with Gasteiger partial charge in [-0.2, -0.15) is 4.31 Å². The number of nitrogens with one attached hydrogen (secondary N) is 1. The van der Waals surface area contributed by atoms with Gasteiger partial charge in [0.15, 0.2) is 0 Å². The Labute approximate surface area is 193 Å². The molecule has 2 aromatic heterocycles. The standard InChI is InChI=1S/C21H22N4O6S2/c1-13-22-19-16(9-12-32-19)20(27)25(13)23-18(26)14-7-10-24(11-8-14)33(29,30)17-6-4-3-5-15(17)21(28)31-2/h3-6,9,12,14H,7-8,10-11H2,1-2H3,(H,23,26). The topological polar surface area (TPSA) is 128 Å². The predicted octanol–water partition coefficient (Wildman–Crippen LogP) is 1.72. The third-order valence-corrected chi connectivity index (χ3v) is 8.39. The van der Waals surface area contributed by atoms with E-state index in [-0.39, 0.29) is 47.9 Å². The molecule has 1 saturated heterocycles. The average Bonchev–Trinajstić information content (AvgIpc) is 3.29. The lowest BCUT2D eigenvalue weighted by Gasteiger charge is -2.31. The van der Waals surface area contributed by atoms with Gasteiger partial charge in [0.1, 0.15) is 10.7 Å². The monoisotopic (exact) mass is 490 g/mol. The lowest BCUT2D eigenvalue weighted by Crippen LogP contribution is -2.44. The van der Waals surface area contributed by atoms with Crippen molar-refractivity contribution in [3.8, 4) is 0 Å². The first kappa shape index (κ1) is 23.1. The van der Waals surface area contributed by atoms with E-state index in [1.54, 1.807) is 24.4 Å². The highest BCUT2D eigenvalue weighted by Gasteiger charge is 2.34. The number of rotatable bonds is 5. The Kier molecular flexibility index (Phi) is 6.32. The van der Waals surface area contributed by atoms with E-state index in [0.29, 0.717) is 16.0 Å². The summed E-state index contributed by atoms with van der Waals surface area (Å²) in [6.07, 6.45) is 0.542. The SMILES string of the molecule is COC(=O)c1ccccc1S(=O)(=O)N1CCC(C(=O)Nn2c(C)nc3sccc3c2=O)CC1. The Morgan fingerprint density at radius 2 is 1.88 bits per heavy atom. The Balaban J connectivity index is 1.48. The first-order valence-electron chi connectivity index (χ1n) is 10.2. The molecule has 0 saturated carbocycles. The van der Waals surface area contributed by atoms with Gasteiger partial charge in [-0.15, -0.1) is 11.3 Å². The summed E-state index contributed by atoms with van der Waals surface area (Å²) in [7, 11) is -2.76. The number of fused-ring (bicyclic) bond motifs is 1. The van der Waals surface area contributed by atoms with Crippen LogP contribution in [0.15, 0.2) is 45.4 Å². The van der Waals surface area contributed by atoms with Crippen LogP contribution in [0.2, 0.25) is 0 Å². The molecule has 1 fully saturated rings. The first-order chi connectivity index (χ1) is 15.7. The summed E-state index contributed by atoms with van der Waals surface area (Å²) >= 11 is 1.35. The fourth-order valence-electron chi connectivity index (χ4n) is 3.82. The van der Waals surface area contributed by atoms with Crippen molar-refractivity contribution in [2.45, 2.75) is 24.7 Å². The summed E-state index contributed by atoms with van der Waals surface area (Å²) in [6, 6.07) is 7.53. The van der Waals surface area contributed by atoms with E-state index >= 15 is 0 Å². The predicted molar refractivity (Wildman–Crippen MR) is 122 cm³/mol. The molecule has 0 aliphatic carbocycles. The Hall–Kier alpha value is -3.09. The smallest absolute Gasteiger partial charge is 0.339 e. The summed E-state index contributed by atoms with van der Waals surface area (Å²) in [6.45, 7) is 1.84. The van der Waals surface area contributed by atoms with Crippen LogP contribution in [0.5, 0.6) is 0 Å². The van der Waals surface area contributed by atoms with Crippen molar-refractivity contribution in [1.29, 1.82) is 0 Å². The van der Waals surface area contributed by atoms with Crippen molar-refractivity contribution >= 4 is 43.5 Å². The van der Waals surface area contributed by atoms with Crippen LogP contribution in [0.3, 0.4) is 0 Å². The number of sulfonamides is 1. The molecule has 174 valence electrons. The van der Waals surface area contributed by atoms with E-state index < -0.39 is 21.9 Å². The molecule has 0 bridgehead atoms. The Morgan fingerprint density at radius 3 is 2.58 bits per heavy atom. The molecule has 3 heterocycles. The normalized spacial score (nSPS) is 15.5. The number of benzene rings is 1. The van der Waals surface area contributed by atoms with Crippen LogP contribution < -0.4 is 11.0 Å². The molecule has 0 spiro atoms. The summed E-state index contributed by atoms with van der Waals surface area (Å²) in [5.41, 5.74) is 2.23. The molecule has 4 rings (SSSR count). The van der Waals surface area contributed by atoms with Gasteiger partial charge in [-0.25, -0.2) is 22.9 Å². The first-order valence-corrected chi connectivity index (χ1v) is 12.5. The average molecular weight is 491 g/mol. The second kappa shape index (κ2) is 9.04. The third kappa shape index (κ3) is 4.28. The van der Waals surface area contributed by atoms with Crippen molar-refractivity contribution < 1.29 is 22.7 Å². The number of piperidine rings is 1. The Morgan fingerprint density at radius 1 is 1.18 bits per heavy atom. The van der Waals surface area contributed by atoms with Crippen molar-refractivity contribution in [2.24, 2.45) is 5.92 Å². The van der Waals surface area contributed by atoms with Gasteiger partial charge in [-0.05, 0) is 43.3 Å². The number of carbonyl (C=O) groups is 2. The van der Waals surface area contributed by atoms with E-state index in [4.69, 9.17) is 4.74 Å². The lowest BCUT2D eigenvalue weighted by atomic mass is 9.98. The highest BCUT2D eigenvalue weighted by Crippen LogP contribution is 2.26. The van der Waals surface area contributed by atoms with Crippen LogP contribution in [0.1, 0.15) is 29.0 Å². The maximum absolute atomic E-state index is 13.1. The van der Waals surface area contributed by atoms with Crippen molar-refractivity contribution in [1.82, 2.24) is 14.0 Å². The molecule has 1 aliphatic rings. The van der Waals surface area contributed by atoms with Crippen LogP contribution in [-0.2, 0) is 19.6 Å². The number of methoxy groups -OCH3 is 1. The van der Waals surface area contributed by atoms with Gasteiger partial charge in [0.05, 0.1) is 23.0 Å². The van der Waals surface area contributed by atoms with E-state index in [2.05, 4.69) is 10.4 Å². The molecule has 1 aromatic carbocycles. The fraction of sp³-hybridized carbons (Fsp3) is 0.333. The molecular formula is C21H22N4O6S2. The minimum absolute atomic E-state index is 0.0361. The number of aromatic nitrogens is 2. The maximum atomic E-state index is 13.1. The molecule has 12 heteroatoms. The highest BCUT2D eigenvalue weighted by molar-refractivity contribution is 7.89. The van der Waals surface area contributed by atoms with Gasteiger partial charge >= 0.3 is 5.97 Å². The van der Waals surface area contributed by atoms with Crippen LogP contribution in [-0.4, -0.2) is 54.5 Å². The zero-order valence-electron chi connectivity index (χ0n) is 18.0. The number of hydrogen-bond acceptors (Lipinski definition) is 8. The molecule has 1 N–H and O–H groups in total. The molecule has 0 atom stereocenters. The molecule has 33 heavy (non-hydrogen) atoms. The quantitative estimate of drug-likeness (QED) is 0.540.